The lowest BCUT2D eigenvalue weighted by atomic mass is 9.72. The molecule has 3 aliphatic heterocycles. The molecule has 0 amide bonds. The lowest BCUT2D eigenvalue weighted by Gasteiger charge is -2.53. The second-order valence-corrected chi connectivity index (χ2v) is 8.42. The molecule has 148 valence electrons. The monoisotopic (exact) mass is 404 g/mol. The highest BCUT2D eigenvalue weighted by molar-refractivity contribution is 6.30. The van der Waals surface area contributed by atoms with E-state index in [0.29, 0.717) is 23.8 Å². The molecule has 7 heteroatoms. The molecule has 2 aromatic carbocycles. The van der Waals surface area contributed by atoms with Gasteiger partial charge >= 0.3 is 0 Å². The minimum Gasteiger partial charge on any atom is -0.484 e. The Morgan fingerprint density at radius 3 is 2.79 bits per heavy atom. The highest BCUT2D eigenvalue weighted by Crippen LogP contribution is 2.51. The van der Waals surface area contributed by atoms with E-state index in [2.05, 4.69) is 12.2 Å². The van der Waals surface area contributed by atoms with Crippen LogP contribution in [-0.2, 0) is 15.0 Å². The van der Waals surface area contributed by atoms with E-state index in [4.69, 9.17) is 31.5 Å². The van der Waals surface area contributed by atoms with Crippen molar-refractivity contribution in [1.29, 1.82) is 0 Å². The van der Waals surface area contributed by atoms with Crippen LogP contribution in [0.25, 0.3) is 11.1 Å². The van der Waals surface area contributed by atoms with Gasteiger partial charge in [-0.05, 0) is 61.2 Å². The van der Waals surface area contributed by atoms with Gasteiger partial charge in [-0.2, -0.15) is 0 Å². The molecule has 1 spiro atoms. The molecule has 4 atom stereocenters. The molecular formula is C21H22ClFN2O3. The molecule has 2 aromatic rings. The Morgan fingerprint density at radius 2 is 2.04 bits per heavy atom. The van der Waals surface area contributed by atoms with Crippen molar-refractivity contribution in [1.82, 2.24) is 5.32 Å². The first kappa shape index (κ1) is 18.3. The van der Waals surface area contributed by atoms with Gasteiger partial charge in [0.15, 0.2) is 6.35 Å². The summed E-state index contributed by atoms with van der Waals surface area (Å²) >= 11 is 6.06. The molecule has 2 saturated heterocycles. The maximum Gasteiger partial charge on any atom is 0.161 e. The number of hydrogen-bond donors (Lipinski definition) is 2. The summed E-state index contributed by atoms with van der Waals surface area (Å²) in [7, 11) is 0. The van der Waals surface area contributed by atoms with Gasteiger partial charge < -0.3 is 14.2 Å². The normalized spacial score (nSPS) is 34.0. The van der Waals surface area contributed by atoms with Crippen molar-refractivity contribution in [3.05, 3.63) is 52.8 Å². The van der Waals surface area contributed by atoms with Crippen molar-refractivity contribution < 1.29 is 18.6 Å². The minimum atomic E-state index is -0.630. The number of fused-ring (bicyclic) bond motifs is 4. The average Bonchev–Trinajstić information content (AvgIpc) is 3.03. The Kier molecular flexibility index (Phi) is 4.19. The fraction of sp³-hybridized carbons (Fsp3) is 0.429. The summed E-state index contributed by atoms with van der Waals surface area (Å²) in [6, 6.07) is 10.3. The highest BCUT2D eigenvalue weighted by Gasteiger charge is 2.60. The quantitative estimate of drug-likeness (QED) is 0.761. The third-order valence-corrected chi connectivity index (χ3v) is 6.21. The molecular weight excluding hydrogens is 383 g/mol. The van der Waals surface area contributed by atoms with Crippen LogP contribution in [0.3, 0.4) is 0 Å². The molecule has 28 heavy (non-hydrogen) atoms. The van der Waals surface area contributed by atoms with Crippen LogP contribution in [0.4, 0.5) is 4.39 Å². The van der Waals surface area contributed by atoms with Crippen molar-refractivity contribution >= 4 is 11.6 Å². The number of nitrogens with one attached hydrogen (secondary N) is 1. The lowest BCUT2D eigenvalue weighted by molar-refractivity contribution is -0.170. The molecule has 5 rings (SSSR count). The minimum absolute atomic E-state index is 0.249. The molecule has 3 aliphatic rings. The zero-order chi connectivity index (χ0) is 19.5. The smallest absolute Gasteiger partial charge is 0.161 e. The molecule has 3 heterocycles. The van der Waals surface area contributed by atoms with Crippen LogP contribution in [0, 0.1) is 5.82 Å². The van der Waals surface area contributed by atoms with E-state index < -0.39 is 17.5 Å². The van der Waals surface area contributed by atoms with Crippen LogP contribution in [0.5, 0.6) is 5.75 Å². The third kappa shape index (κ3) is 2.75. The maximum absolute atomic E-state index is 13.9. The third-order valence-electron chi connectivity index (χ3n) is 5.99. The summed E-state index contributed by atoms with van der Waals surface area (Å²) in [4.78, 5) is 0. The topological polar surface area (TPSA) is 65.7 Å². The standard InChI is InChI=1S/C21H22ClFN2O3/c1-20-5-2-6-26-18(20)21(11-27-19(24)25-21)16-9-12(3-4-17(16)28-20)13-7-14(22)10-15(23)8-13/h3-4,7-10,18-19,25H,2,5-6,11,24H2,1H3. The summed E-state index contributed by atoms with van der Waals surface area (Å²) in [6.07, 6.45) is 0.983. The van der Waals surface area contributed by atoms with E-state index in [1.165, 1.54) is 12.1 Å². The number of benzene rings is 2. The average molecular weight is 405 g/mol. The van der Waals surface area contributed by atoms with E-state index in [9.17, 15) is 4.39 Å². The predicted molar refractivity (Wildman–Crippen MR) is 104 cm³/mol. The number of nitrogens with two attached hydrogens (primary N) is 1. The molecule has 5 nitrogen and oxygen atoms in total. The maximum atomic E-state index is 13.9. The van der Waals surface area contributed by atoms with Gasteiger partial charge in [0, 0.05) is 17.2 Å². The van der Waals surface area contributed by atoms with Crippen LogP contribution >= 0.6 is 11.6 Å². The van der Waals surface area contributed by atoms with Gasteiger partial charge in [-0.3, -0.25) is 11.1 Å². The van der Waals surface area contributed by atoms with Gasteiger partial charge in [0.2, 0.25) is 0 Å². The number of rotatable bonds is 1. The summed E-state index contributed by atoms with van der Waals surface area (Å²) < 4.78 is 32.3. The van der Waals surface area contributed by atoms with E-state index >= 15 is 0 Å². The fourth-order valence-electron chi connectivity index (χ4n) is 4.83. The van der Waals surface area contributed by atoms with Crippen LogP contribution in [0.1, 0.15) is 25.3 Å². The first-order valence-electron chi connectivity index (χ1n) is 9.46. The Hall–Kier alpha value is -1.70. The largest absolute Gasteiger partial charge is 0.484 e. The zero-order valence-corrected chi connectivity index (χ0v) is 16.3. The van der Waals surface area contributed by atoms with Gasteiger partial charge in [-0.1, -0.05) is 17.7 Å². The second-order valence-electron chi connectivity index (χ2n) is 7.99. The van der Waals surface area contributed by atoms with Crippen LogP contribution < -0.4 is 15.8 Å². The van der Waals surface area contributed by atoms with Crippen LogP contribution in [0.15, 0.2) is 36.4 Å². The summed E-state index contributed by atoms with van der Waals surface area (Å²) in [5.74, 6) is 0.388. The Morgan fingerprint density at radius 1 is 1.18 bits per heavy atom. The van der Waals surface area contributed by atoms with Gasteiger partial charge in [0.05, 0.1) is 6.61 Å². The van der Waals surface area contributed by atoms with Crippen molar-refractivity contribution in [3.8, 4) is 16.9 Å². The van der Waals surface area contributed by atoms with Gasteiger partial charge in [-0.15, -0.1) is 0 Å². The summed E-state index contributed by atoms with van der Waals surface area (Å²) in [5.41, 5.74) is 7.39. The van der Waals surface area contributed by atoms with Crippen LogP contribution in [-0.4, -0.2) is 31.3 Å². The SMILES string of the molecule is CC12CCCOC1C1(COC(N)N1)c1cc(-c3cc(F)cc(Cl)c3)ccc1O2. The Labute approximate surface area is 167 Å². The first-order valence-corrected chi connectivity index (χ1v) is 9.84. The number of hydrogen-bond acceptors (Lipinski definition) is 5. The molecule has 0 aliphatic carbocycles. The Balaban J connectivity index is 1.67. The van der Waals surface area contributed by atoms with Gasteiger partial charge in [0.1, 0.15) is 28.8 Å². The second kappa shape index (κ2) is 6.40. The van der Waals surface area contributed by atoms with Crippen molar-refractivity contribution in [3.63, 3.8) is 0 Å². The van der Waals surface area contributed by atoms with E-state index in [-0.39, 0.29) is 11.9 Å². The molecule has 0 saturated carbocycles. The summed E-state index contributed by atoms with van der Waals surface area (Å²) in [5, 5.41) is 3.75. The first-order chi connectivity index (χ1) is 13.4. The Bertz CT molecular complexity index is 922. The molecule has 0 bridgehead atoms. The molecule has 0 aromatic heterocycles. The van der Waals surface area contributed by atoms with Crippen molar-refractivity contribution in [2.45, 2.75) is 43.4 Å². The number of ether oxygens (including phenoxy) is 3. The van der Waals surface area contributed by atoms with E-state index in [1.54, 1.807) is 6.07 Å². The fourth-order valence-corrected chi connectivity index (χ4v) is 5.05. The predicted octanol–water partition coefficient (Wildman–Crippen LogP) is 3.53. The highest BCUT2D eigenvalue weighted by atomic mass is 35.5. The van der Waals surface area contributed by atoms with Crippen molar-refractivity contribution in [2.24, 2.45) is 5.73 Å². The van der Waals surface area contributed by atoms with Crippen molar-refractivity contribution in [2.75, 3.05) is 13.2 Å². The zero-order valence-electron chi connectivity index (χ0n) is 15.5. The summed E-state index contributed by atoms with van der Waals surface area (Å²) in [6.45, 7) is 3.11. The molecule has 3 N–H and O–H groups in total. The van der Waals surface area contributed by atoms with Crippen LogP contribution in [0.2, 0.25) is 5.02 Å². The van der Waals surface area contributed by atoms with E-state index in [0.717, 1.165) is 29.7 Å². The molecule has 4 unspecified atom stereocenters. The van der Waals surface area contributed by atoms with Gasteiger partial charge in [-0.25, -0.2) is 4.39 Å². The molecule has 2 fully saturated rings. The van der Waals surface area contributed by atoms with E-state index in [1.807, 2.05) is 18.2 Å². The van der Waals surface area contributed by atoms with Gasteiger partial charge in [0.25, 0.3) is 0 Å². The number of halogens is 2. The molecule has 0 radical (unpaired) electrons. The lowest BCUT2D eigenvalue weighted by Crippen LogP contribution is -2.67.